The first-order chi connectivity index (χ1) is 18.0. The summed E-state index contributed by atoms with van der Waals surface area (Å²) in [7, 11) is 0. The minimum atomic E-state index is -0.703. The van der Waals surface area contributed by atoms with Crippen molar-refractivity contribution in [2.45, 2.75) is 97.2 Å². The van der Waals surface area contributed by atoms with Crippen LogP contribution in [0, 0.1) is 46.3 Å². The molecule has 0 radical (unpaired) electrons. The molecule has 1 unspecified atom stereocenters. The third-order valence-electron chi connectivity index (χ3n) is 11.7. The molecule has 4 aliphatic rings. The maximum absolute atomic E-state index is 12.7. The maximum atomic E-state index is 12.7. The molecular weight excluding hydrogens is 525 g/mol. The Balaban J connectivity index is 1.40. The number of aliphatic hydroxyl groups is 1. The SMILES string of the molecule is C[C@H](CCC(=O)O)[C@H]1CC[C@H]2[C@@H]3[C@H](O)CC4C[C@H](OC(=O)CN(CCCl)CCCl)CC[C@]4(C)[C@H]3CC[C@]12C. The lowest BCUT2D eigenvalue weighted by atomic mass is 9.43. The van der Waals surface area contributed by atoms with Crippen LogP contribution in [0.2, 0.25) is 0 Å². The van der Waals surface area contributed by atoms with Gasteiger partial charge in [0.1, 0.15) is 6.10 Å². The number of fused-ring (bicyclic) bond motifs is 5. The van der Waals surface area contributed by atoms with Crippen LogP contribution in [0.1, 0.15) is 85.0 Å². The Labute approximate surface area is 239 Å². The Kier molecular flexibility index (Phi) is 10.0. The number of halogens is 2. The monoisotopic (exact) mass is 573 g/mol. The van der Waals surface area contributed by atoms with Crippen molar-refractivity contribution >= 4 is 35.1 Å². The number of carbonyl (C=O) groups excluding carboxylic acids is 1. The maximum Gasteiger partial charge on any atom is 0.320 e. The lowest BCUT2D eigenvalue weighted by Crippen LogP contribution is -2.59. The van der Waals surface area contributed by atoms with Crippen LogP contribution in [0.25, 0.3) is 0 Å². The van der Waals surface area contributed by atoms with Crippen molar-refractivity contribution in [1.82, 2.24) is 4.90 Å². The van der Waals surface area contributed by atoms with E-state index in [0.29, 0.717) is 60.4 Å². The summed E-state index contributed by atoms with van der Waals surface area (Å²) >= 11 is 11.8. The quantitative estimate of drug-likeness (QED) is 0.239. The van der Waals surface area contributed by atoms with Crippen molar-refractivity contribution < 1.29 is 24.5 Å². The first-order valence-corrected chi connectivity index (χ1v) is 16.0. The van der Waals surface area contributed by atoms with Crippen LogP contribution in [0.5, 0.6) is 0 Å². The van der Waals surface area contributed by atoms with Crippen molar-refractivity contribution in [3.05, 3.63) is 0 Å². The standard InChI is InChI=1S/C30H49Cl2NO5/c1-19(4-7-26(35)36)22-5-6-23-28-24(9-11-30(22,23)3)29(2)10-8-21(16-20(29)17-25(28)34)38-27(37)18-33(14-12-31)15-13-32/h19-25,28,34H,4-18H2,1-3H3,(H,35,36)/t19-,20?,21-,22-,23+,24+,25-,28+,29+,30-/m1/s1. The molecule has 38 heavy (non-hydrogen) atoms. The number of hydrogen-bond donors (Lipinski definition) is 2. The van der Waals surface area contributed by atoms with E-state index in [0.717, 1.165) is 51.4 Å². The van der Waals surface area contributed by atoms with Crippen molar-refractivity contribution in [2.75, 3.05) is 31.4 Å². The molecule has 0 heterocycles. The summed E-state index contributed by atoms with van der Waals surface area (Å²) in [6.45, 7) is 8.59. The van der Waals surface area contributed by atoms with Gasteiger partial charge in [0.25, 0.3) is 0 Å². The Hall–Kier alpha value is -0.560. The van der Waals surface area contributed by atoms with Crippen molar-refractivity contribution in [3.8, 4) is 0 Å². The van der Waals surface area contributed by atoms with Gasteiger partial charge < -0.3 is 14.9 Å². The average molecular weight is 575 g/mol. The second-order valence-corrected chi connectivity index (χ2v) is 14.2. The predicted octanol–water partition coefficient (Wildman–Crippen LogP) is 5.81. The molecule has 0 aromatic heterocycles. The molecule has 4 fully saturated rings. The Bertz CT molecular complexity index is 837. The van der Waals surface area contributed by atoms with Crippen LogP contribution in [-0.4, -0.2) is 70.7 Å². The Morgan fingerprint density at radius 2 is 1.66 bits per heavy atom. The fraction of sp³-hybridized carbons (Fsp3) is 0.933. The summed E-state index contributed by atoms with van der Waals surface area (Å²) < 4.78 is 5.96. The largest absolute Gasteiger partial charge is 0.481 e. The highest BCUT2D eigenvalue weighted by Crippen LogP contribution is 2.68. The lowest BCUT2D eigenvalue weighted by molar-refractivity contribution is -0.183. The van der Waals surface area contributed by atoms with Gasteiger partial charge in [0.2, 0.25) is 0 Å². The molecule has 0 spiro atoms. The summed E-state index contributed by atoms with van der Waals surface area (Å²) in [5.74, 6) is 2.64. The van der Waals surface area contributed by atoms with Gasteiger partial charge >= 0.3 is 11.9 Å². The Morgan fingerprint density at radius 3 is 2.32 bits per heavy atom. The number of rotatable bonds is 11. The number of hydrogen-bond acceptors (Lipinski definition) is 5. The van der Waals surface area contributed by atoms with E-state index in [9.17, 15) is 19.8 Å². The minimum Gasteiger partial charge on any atom is -0.481 e. The number of ether oxygens (including phenoxy) is 1. The molecule has 4 aliphatic carbocycles. The molecule has 6 nitrogen and oxygen atoms in total. The first kappa shape index (κ1) is 30.4. The van der Waals surface area contributed by atoms with Gasteiger partial charge in [-0.2, -0.15) is 0 Å². The van der Waals surface area contributed by atoms with Crippen LogP contribution in [0.4, 0.5) is 0 Å². The molecule has 0 aromatic rings. The highest BCUT2D eigenvalue weighted by molar-refractivity contribution is 6.18. The molecule has 218 valence electrons. The molecule has 8 heteroatoms. The summed E-state index contributed by atoms with van der Waals surface area (Å²) in [4.78, 5) is 25.8. The molecule has 4 rings (SSSR count). The second kappa shape index (κ2) is 12.5. The molecule has 0 saturated heterocycles. The van der Waals surface area contributed by atoms with Gasteiger partial charge in [0.15, 0.2) is 0 Å². The molecule has 10 atom stereocenters. The second-order valence-electron chi connectivity index (χ2n) is 13.5. The molecule has 0 amide bonds. The topological polar surface area (TPSA) is 87.1 Å². The number of esters is 1. The highest BCUT2D eigenvalue weighted by Gasteiger charge is 2.63. The molecular formula is C30H49Cl2NO5. The van der Waals surface area contributed by atoms with Crippen LogP contribution in [-0.2, 0) is 14.3 Å². The van der Waals surface area contributed by atoms with Crippen molar-refractivity contribution in [3.63, 3.8) is 0 Å². The van der Waals surface area contributed by atoms with Gasteiger partial charge in [0.05, 0.1) is 12.6 Å². The number of aliphatic hydroxyl groups excluding tert-OH is 1. The molecule has 0 aliphatic heterocycles. The van der Waals surface area contributed by atoms with Gasteiger partial charge in [-0.25, -0.2) is 0 Å². The van der Waals surface area contributed by atoms with E-state index in [1.807, 2.05) is 4.90 Å². The predicted molar refractivity (Wildman–Crippen MR) is 150 cm³/mol. The molecule has 4 saturated carbocycles. The zero-order chi connectivity index (χ0) is 27.7. The fourth-order valence-corrected chi connectivity index (χ4v) is 10.2. The Morgan fingerprint density at radius 1 is 1.00 bits per heavy atom. The van der Waals surface area contributed by atoms with Crippen LogP contribution < -0.4 is 0 Å². The number of carboxylic acids is 1. The van der Waals surface area contributed by atoms with Crippen LogP contribution >= 0.6 is 23.2 Å². The molecule has 0 bridgehead atoms. The molecule has 2 N–H and O–H groups in total. The average Bonchev–Trinajstić information content (AvgIpc) is 3.21. The zero-order valence-corrected chi connectivity index (χ0v) is 25.1. The van der Waals surface area contributed by atoms with Gasteiger partial charge in [-0.15, -0.1) is 23.2 Å². The number of alkyl halides is 2. The lowest BCUT2D eigenvalue weighted by Gasteiger charge is -2.62. The van der Waals surface area contributed by atoms with Gasteiger partial charge in [-0.05, 0) is 104 Å². The summed E-state index contributed by atoms with van der Waals surface area (Å²) in [5.41, 5.74) is 0.359. The van der Waals surface area contributed by atoms with Crippen molar-refractivity contribution in [2.24, 2.45) is 46.3 Å². The zero-order valence-electron chi connectivity index (χ0n) is 23.5. The van der Waals surface area contributed by atoms with E-state index in [2.05, 4.69) is 20.8 Å². The first-order valence-electron chi connectivity index (χ1n) is 15.0. The third kappa shape index (κ3) is 6.04. The van der Waals surface area contributed by atoms with Crippen molar-refractivity contribution in [1.29, 1.82) is 0 Å². The van der Waals surface area contributed by atoms with Crippen LogP contribution in [0.3, 0.4) is 0 Å². The third-order valence-corrected chi connectivity index (χ3v) is 12.0. The van der Waals surface area contributed by atoms with Gasteiger partial charge in [-0.1, -0.05) is 20.8 Å². The summed E-state index contributed by atoms with van der Waals surface area (Å²) in [6, 6.07) is 0. The van der Waals surface area contributed by atoms with Gasteiger partial charge in [-0.3, -0.25) is 14.5 Å². The highest BCUT2D eigenvalue weighted by atomic mass is 35.5. The number of aliphatic carboxylic acids is 1. The minimum absolute atomic E-state index is 0.0852. The normalized spacial score (nSPS) is 41.2. The number of carbonyl (C=O) groups is 2. The summed E-state index contributed by atoms with van der Waals surface area (Å²) in [6.07, 6.45) is 8.77. The van der Waals surface area contributed by atoms with E-state index in [1.165, 1.54) is 6.42 Å². The van der Waals surface area contributed by atoms with E-state index in [1.54, 1.807) is 0 Å². The van der Waals surface area contributed by atoms with Crippen LogP contribution in [0.15, 0.2) is 0 Å². The van der Waals surface area contributed by atoms with E-state index >= 15 is 0 Å². The smallest absolute Gasteiger partial charge is 0.320 e. The van der Waals surface area contributed by atoms with E-state index in [4.69, 9.17) is 27.9 Å². The molecule has 0 aromatic carbocycles. The van der Waals surface area contributed by atoms with E-state index in [-0.39, 0.29) is 42.0 Å². The van der Waals surface area contributed by atoms with Gasteiger partial charge in [0, 0.05) is 31.3 Å². The number of carboxylic acid groups (broad SMARTS) is 1. The number of nitrogens with zero attached hydrogens (tertiary/aromatic N) is 1. The van der Waals surface area contributed by atoms with E-state index < -0.39 is 5.97 Å². The fourth-order valence-electron chi connectivity index (χ4n) is 9.73. The summed E-state index contributed by atoms with van der Waals surface area (Å²) in [5, 5.41) is 20.8.